The van der Waals surface area contributed by atoms with Crippen LogP contribution in [0.5, 0.6) is 0 Å². The minimum Gasteiger partial charge on any atom is -0.336 e. The van der Waals surface area contributed by atoms with Crippen LogP contribution in [0.15, 0.2) is 18.2 Å². The van der Waals surface area contributed by atoms with Crippen molar-refractivity contribution in [3.05, 3.63) is 33.8 Å². The number of halogens is 3. The Bertz CT molecular complexity index is 439. The molecule has 100 valence electrons. The summed E-state index contributed by atoms with van der Waals surface area (Å²) in [6, 6.07) is 5.28. The van der Waals surface area contributed by atoms with Crippen LogP contribution in [0.3, 0.4) is 0 Å². The van der Waals surface area contributed by atoms with Crippen molar-refractivity contribution in [1.82, 2.24) is 10.2 Å². The smallest absolute Gasteiger partial charge is 0.255 e. The Balaban J connectivity index is 0.00000162. The van der Waals surface area contributed by atoms with E-state index in [1.165, 1.54) is 0 Å². The van der Waals surface area contributed by atoms with E-state index >= 15 is 0 Å². The lowest BCUT2D eigenvalue weighted by Crippen LogP contribution is -2.51. The molecule has 18 heavy (non-hydrogen) atoms. The van der Waals surface area contributed by atoms with Crippen molar-refractivity contribution in [3.8, 4) is 0 Å². The van der Waals surface area contributed by atoms with Gasteiger partial charge in [0, 0.05) is 30.7 Å². The zero-order valence-corrected chi connectivity index (χ0v) is 12.3. The maximum atomic E-state index is 12.2. The largest absolute Gasteiger partial charge is 0.336 e. The molecule has 1 aromatic rings. The molecule has 6 heteroatoms. The Labute approximate surface area is 123 Å². The molecule has 1 amide bonds. The molecule has 1 aliphatic rings. The van der Waals surface area contributed by atoms with Crippen molar-refractivity contribution in [3.63, 3.8) is 0 Å². The van der Waals surface area contributed by atoms with Gasteiger partial charge in [0.2, 0.25) is 0 Å². The summed E-state index contributed by atoms with van der Waals surface area (Å²) in [4.78, 5) is 14.1. The molecule has 1 saturated heterocycles. The Kier molecular flexibility index (Phi) is 5.73. The van der Waals surface area contributed by atoms with Gasteiger partial charge in [-0.05, 0) is 25.1 Å². The lowest BCUT2D eigenvalue weighted by Gasteiger charge is -2.32. The van der Waals surface area contributed by atoms with E-state index in [0.717, 1.165) is 6.54 Å². The Morgan fingerprint density at radius 3 is 2.78 bits per heavy atom. The second kappa shape index (κ2) is 6.62. The van der Waals surface area contributed by atoms with Gasteiger partial charge in [-0.15, -0.1) is 12.4 Å². The third kappa shape index (κ3) is 3.51. The highest BCUT2D eigenvalue weighted by atomic mass is 35.5. The number of piperazine rings is 1. The number of carbonyl (C=O) groups is 1. The Morgan fingerprint density at radius 1 is 1.44 bits per heavy atom. The van der Waals surface area contributed by atoms with Crippen molar-refractivity contribution in [2.45, 2.75) is 13.0 Å². The molecular weight excluding hydrogens is 295 g/mol. The molecule has 1 N–H and O–H groups in total. The lowest BCUT2D eigenvalue weighted by atomic mass is 10.1. The minimum absolute atomic E-state index is 0. The molecule has 1 unspecified atom stereocenters. The van der Waals surface area contributed by atoms with Gasteiger partial charge >= 0.3 is 0 Å². The number of amides is 1. The van der Waals surface area contributed by atoms with Crippen molar-refractivity contribution in [2.75, 3.05) is 19.6 Å². The van der Waals surface area contributed by atoms with Gasteiger partial charge in [-0.1, -0.05) is 23.2 Å². The van der Waals surface area contributed by atoms with Crippen LogP contribution in [0.25, 0.3) is 0 Å². The summed E-state index contributed by atoms with van der Waals surface area (Å²) in [5.74, 6) is -0.0278. The quantitative estimate of drug-likeness (QED) is 0.865. The van der Waals surface area contributed by atoms with Crippen LogP contribution in [-0.4, -0.2) is 36.5 Å². The van der Waals surface area contributed by atoms with Gasteiger partial charge in [0.05, 0.1) is 10.6 Å². The average Bonchev–Trinajstić information content (AvgIpc) is 2.28. The fraction of sp³-hybridized carbons (Fsp3) is 0.417. The normalized spacial score (nSPS) is 19.3. The van der Waals surface area contributed by atoms with Gasteiger partial charge in [-0.2, -0.15) is 0 Å². The monoisotopic (exact) mass is 308 g/mol. The maximum absolute atomic E-state index is 12.2. The van der Waals surface area contributed by atoms with E-state index in [0.29, 0.717) is 34.7 Å². The predicted molar refractivity (Wildman–Crippen MR) is 77.1 cm³/mol. The topological polar surface area (TPSA) is 32.3 Å². The summed E-state index contributed by atoms with van der Waals surface area (Å²) >= 11 is 11.8. The van der Waals surface area contributed by atoms with Crippen molar-refractivity contribution < 1.29 is 4.79 Å². The second-order valence-corrected chi connectivity index (χ2v) is 5.07. The van der Waals surface area contributed by atoms with E-state index in [9.17, 15) is 4.79 Å². The van der Waals surface area contributed by atoms with Crippen molar-refractivity contribution in [1.29, 1.82) is 0 Å². The summed E-state index contributed by atoms with van der Waals surface area (Å²) < 4.78 is 0. The first-order chi connectivity index (χ1) is 8.08. The SMILES string of the molecule is CC1CN(C(=O)c2ccc(Cl)cc2Cl)CCN1.Cl. The van der Waals surface area contributed by atoms with E-state index in [1.54, 1.807) is 18.2 Å². The Hall–Kier alpha value is -0.480. The highest BCUT2D eigenvalue weighted by Gasteiger charge is 2.23. The van der Waals surface area contributed by atoms with Crippen LogP contribution >= 0.6 is 35.6 Å². The fourth-order valence-electron chi connectivity index (χ4n) is 1.95. The molecular formula is C12H15Cl3N2O. The zero-order chi connectivity index (χ0) is 12.4. The van der Waals surface area contributed by atoms with Crippen molar-refractivity contribution in [2.24, 2.45) is 0 Å². The molecule has 0 saturated carbocycles. The van der Waals surface area contributed by atoms with Crippen LogP contribution in [0.2, 0.25) is 10.0 Å². The van der Waals surface area contributed by atoms with Crippen LogP contribution in [0.1, 0.15) is 17.3 Å². The fourth-order valence-corrected chi connectivity index (χ4v) is 2.44. The molecule has 1 aromatic carbocycles. The zero-order valence-electron chi connectivity index (χ0n) is 9.95. The van der Waals surface area contributed by atoms with Crippen LogP contribution in [0.4, 0.5) is 0 Å². The third-order valence-corrected chi connectivity index (χ3v) is 3.37. The number of carbonyl (C=O) groups excluding carboxylic acids is 1. The van der Waals surface area contributed by atoms with Gasteiger partial charge in [0.25, 0.3) is 5.91 Å². The van der Waals surface area contributed by atoms with Gasteiger partial charge < -0.3 is 10.2 Å². The highest BCUT2D eigenvalue weighted by molar-refractivity contribution is 6.36. The number of benzene rings is 1. The third-order valence-electron chi connectivity index (χ3n) is 2.82. The summed E-state index contributed by atoms with van der Waals surface area (Å²) in [6.07, 6.45) is 0. The lowest BCUT2D eigenvalue weighted by molar-refractivity contribution is 0.0709. The standard InChI is InChI=1S/C12H14Cl2N2O.ClH/c1-8-7-16(5-4-15-8)12(17)10-3-2-9(13)6-11(10)14;/h2-3,6,8,15H,4-5,7H2,1H3;1H. The first-order valence-corrected chi connectivity index (χ1v) is 6.31. The number of hydrogen-bond donors (Lipinski definition) is 1. The minimum atomic E-state index is -0.0278. The molecule has 1 heterocycles. The second-order valence-electron chi connectivity index (χ2n) is 4.23. The van der Waals surface area contributed by atoms with Gasteiger partial charge in [0.15, 0.2) is 0 Å². The van der Waals surface area contributed by atoms with E-state index < -0.39 is 0 Å². The van der Waals surface area contributed by atoms with E-state index in [2.05, 4.69) is 12.2 Å². The van der Waals surface area contributed by atoms with Gasteiger partial charge in [-0.3, -0.25) is 4.79 Å². The van der Waals surface area contributed by atoms with E-state index in [-0.39, 0.29) is 18.3 Å². The molecule has 0 radical (unpaired) electrons. The molecule has 2 rings (SSSR count). The molecule has 0 aromatic heterocycles. The summed E-state index contributed by atoms with van der Waals surface area (Å²) in [6.45, 7) is 4.29. The molecule has 0 bridgehead atoms. The molecule has 0 spiro atoms. The van der Waals surface area contributed by atoms with Crippen LogP contribution in [-0.2, 0) is 0 Å². The molecule has 1 fully saturated rings. The molecule has 1 atom stereocenters. The molecule has 0 aliphatic carbocycles. The molecule has 1 aliphatic heterocycles. The summed E-state index contributed by atoms with van der Waals surface area (Å²) in [5, 5.41) is 4.25. The first-order valence-electron chi connectivity index (χ1n) is 5.55. The predicted octanol–water partition coefficient (Wildman–Crippen LogP) is 2.85. The number of nitrogens with one attached hydrogen (secondary N) is 1. The summed E-state index contributed by atoms with van der Waals surface area (Å²) in [5.41, 5.74) is 0.519. The van der Waals surface area contributed by atoms with E-state index in [1.807, 2.05) is 4.90 Å². The highest BCUT2D eigenvalue weighted by Crippen LogP contribution is 2.22. The van der Waals surface area contributed by atoms with E-state index in [4.69, 9.17) is 23.2 Å². The maximum Gasteiger partial charge on any atom is 0.255 e. The average molecular weight is 310 g/mol. The number of rotatable bonds is 1. The van der Waals surface area contributed by atoms with Gasteiger partial charge in [0.1, 0.15) is 0 Å². The number of hydrogen-bond acceptors (Lipinski definition) is 2. The number of nitrogens with zero attached hydrogens (tertiary/aromatic N) is 1. The first kappa shape index (κ1) is 15.6. The summed E-state index contributed by atoms with van der Waals surface area (Å²) in [7, 11) is 0. The Morgan fingerprint density at radius 2 is 2.17 bits per heavy atom. The van der Waals surface area contributed by atoms with Crippen LogP contribution in [0, 0.1) is 0 Å². The van der Waals surface area contributed by atoms with Gasteiger partial charge in [-0.25, -0.2) is 0 Å². The van der Waals surface area contributed by atoms with Crippen molar-refractivity contribution >= 4 is 41.5 Å². The molecule has 3 nitrogen and oxygen atoms in total. The van der Waals surface area contributed by atoms with Crippen LogP contribution < -0.4 is 5.32 Å².